The molecule has 1 atom stereocenters. The molecule has 0 aliphatic carbocycles. The first-order chi connectivity index (χ1) is 9.06. The maximum atomic E-state index is 6.21. The summed E-state index contributed by atoms with van der Waals surface area (Å²) in [5, 5.41) is 0.468. The van der Waals surface area contributed by atoms with Crippen LogP contribution in [0.25, 0.3) is 0 Å². The third-order valence-electron chi connectivity index (χ3n) is 2.72. The second kappa shape index (κ2) is 6.01. The molecule has 0 saturated carbocycles. The van der Waals surface area contributed by atoms with E-state index in [0.717, 1.165) is 10.4 Å². The molecule has 102 valence electrons. The van der Waals surface area contributed by atoms with E-state index < -0.39 is 0 Å². The van der Waals surface area contributed by atoms with Crippen LogP contribution in [0.15, 0.2) is 24.3 Å². The number of methoxy groups -OCH3 is 2. The lowest BCUT2D eigenvalue weighted by Crippen LogP contribution is -2.10. The normalized spacial score (nSPS) is 12.3. The Morgan fingerprint density at radius 1 is 1.16 bits per heavy atom. The predicted octanol–water partition coefficient (Wildman–Crippen LogP) is 4.12. The zero-order valence-electron chi connectivity index (χ0n) is 10.4. The Labute approximate surface area is 125 Å². The number of hydrogen-bond acceptors (Lipinski definition) is 4. The van der Waals surface area contributed by atoms with E-state index in [-0.39, 0.29) is 6.04 Å². The van der Waals surface area contributed by atoms with E-state index in [9.17, 15) is 0 Å². The Balaban J connectivity index is 2.42. The highest BCUT2D eigenvalue weighted by Crippen LogP contribution is 2.39. The van der Waals surface area contributed by atoms with Crippen LogP contribution in [0.5, 0.6) is 11.5 Å². The summed E-state index contributed by atoms with van der Waals surface area (Å²) in [6, 6.07) is 7.03. The maximum Gasteiger partial charge on any atom is 0.179 e. The molecule has 19 heavy (non-hydrogen) atoms. The Morgan fingerprint density at radius 3 is 2.42 bits per heavy atom. The number of ether oxygens (including phenoxy) is 2. The van der Waals surface area contributed by atoms with Crippen molar-refractivity contribution in [3.8, 4) is 11.5 Å². The summed E-state index contributed by atoms with van der Waals surface area (Å²) in [6.45, 7) is 0. The van der Waals surface area contributed by atoms with Gasteiger partial charge in [-0.25, -0.2) is 0 Å². The van der Waals surface area contributed by atoms with Crippen molar-refractivity contribution in [3.63, 3.8) is 0 Å². The third kappa shape index (κ3) is 2.98. The first-order valence-corrected chi connectivity index (χ1v) is 7.06. The maximum absolute atomic E-state index is 6.21. The first kappa shape index (κ1) is 14.5. The number of rotatable bonds is 4. The van der Waals surface area contributed by atoms with Crippen molar-refractivity contribution in [1.82, 2.24) is 0 Å². The Morgan fingerprint density at radius 2 is 1.89 bits per heavy atom. The van der Waals surface area contributed by atoms with E-state index in [1.54, 1.807) is 20.3 Å². The number of hydrogen-bond donors (Lipinski definition) is 1. The van der Waals surface area contributed by atoms with E-state index in [1.165, 1.54) is 11.3 Å². The van der Waals surface area contributed by atoms with Crippen LogP contribution in [0, 0.1) is 0 Å². The molecule has 0 fully saturated rings. The largest absolute Gasteiger partial charge is 0.493 e. The Kier molecular flexibility index (Phi) is 4.58. The Hall–Kier alpha value is -0.940. The second-order valence-corrected chi connectivity index (χ2v) is 6.01. The fraction of sp³-hybridized carbons (Fsp3) is 0.231. The van der Waals surface area contributed by atoms with Gasteiger partial charge >= 0.3 is 0 Å². The molecule has 6 heteroatoms. The van der Waals surface area contributed by atoms with Crippen molar-refractivity contribution in [2.75, 3.05) is 14.2 Å². The van der Waals surface area contributed by atoms with Gasteiger partial charge in [0.1, 0.15) is 0 Å². The molecular formula is C13H13Cl2NO2S. The molecule has 0 radical (unpaired) electrons. The molecule has 0 saturated heterocycles. The predicted molar refractivity (Wildman–Crippen MR) is 79.9 cm³/mol. The summed E-state index contributed by atoms with van der Waals surface area (Å²) in [6.07, 6.45) is 0. The minimum absolute atomic E-state index is 0.296. The van der Waals surface area contributed by atoms with Crippen molar-refractivity contribution < 1.29 is 9.47 Å². The molecule has 0 aliphatic rings. The van der Waals surface area contributed by atoms with Gasteiger partial charge in [-0.05, 0) is 29.8 Å². The highest BCUT2D eigenvalue weighted by atomic mass is 35.5. The fourth-order valence-corrected chi connectivity index (χ4v) is 3.16. The first-order valence-electron chi connectivity index (χ1n) is 5.49. The molecule has 1 aromatic carbocycles. The van der Waals surface area contributed by atoms with E-state index in [1.807, 2.05) is 18.2 Å². The number of benzene rings is 1. The van der Waals surface area contributed by atoms with E-state index >= 15 is 0 Å². The summed E-state index contributed by atoms with van der Waals surface area (Å²) in [5.74, 6) is 1.06. The fourth-order valence-electron chi connectivity index (χ4n) is 1.78. The van der Waals surface area contributed by atoms with Gasteiger partial charge in [0, 0.05) is 4.88 Å². The zero-order valence-corrected chi connectivity index (χ0v) is 12.8. The highest BCUT2D eigenvalue weighted by molar-refractivity contribution is 7.16. The zero-order chi connectivity index (χ0) is 14.0. The molecule has 0 aliphatic heterocycles. The summed E-state index contributed by atoms with van der Waals surface area (Å²) in [5.41, 5.74) is 7.06. The smallest absolute Gasteiger partial charge is 0.179 e. The summed E-state index contributed by atoms with van der Waals surface area (Å²) < 4.78 is 11.2. The molecule has 0 amide bonds. The lowest BCUT2D eigenvalue weighted by atomic mass is 10.1. The summed E-state index contributed by atoms with van der Waals surface area (Å²) in [4.78, 5) is 0.966. The molecule has 3 nitrogen and oxygen atoms in total. The Bertz CT molecular complexity index is 586. The van der Waals surface area contributed by atoms with Crippen molar-refractivity contribution in [2.24, 2.45) is 5.73 Å². The van der Waals surface area contributed by atoms with Crippen molar-refractivity contribution in [3.05, 3.63) is 44.1 Å². The topological polar surface area (TPSA) is 44.5 Å². The molecule has 2 aromatic rings. The molecular weight excluding hydrogens is 305 g/mol. The third-order valence-corrected chi connectivity index (χ3v) is 4.31. The number of halogens is 2. The van der Waals surface area contributed by atoms with Gasteiger partial charge in [-0.1, -0.05) is 23.2 Å². The van der Waals surface area contributed by atoms with Gasteiger partial charge in [-0.2, -0.15) is 0 Å². The van der Waals surface area contributed by atoms with Gasteiger partial charge in [0.15, 0.2) is 11.5 Å². The SMILES string of the molecule is COc1cc(C(N)c2ccc(Cl)s2)cc(Cl)c1OC. The van der Waals surface area contributed by atoms with Crippen LogP contribution in [-0.4, -0.2) is 14.2 Å². The van der Waals surface area contributed by atoms with Crippen LogP contribution in [-0.2, 0) is 0 Å². The lowest BCUT2D eigenvalue weighted by molar-refractivity contribution is 0.354. The van der Waals surface area contributed by atoms with E-state index in [0.29, 0.717) is 20.9 Å². The van der Waals surface area contributed by atoms with Crippen LogP contribution in [0.1, 0.15) is 16.5 Å². The minimum atomic E-state index is -0.296. The monoisotopic (exact) mass is 317 g/mol. The van der Waals surface area contributed by atoms with Crippen LogP contribution < -0.4 is 15.2 Å². The second-order valence-electron chi connectivity index (χ2n) is 3.86. The van der Waals surface area contributed by atoms with Crippen molar-refractivity contribution in [1.29, 1.82) is 0 Å². The quantitative estimate of drug-likeness (QED) is 0.922. The van der Waals surface area contributed by atoms with E-state index in [4.69, 9.17) is 38.4 Å². The van der Waals surface area contributed by atoms with Crippen molar-refractivity contribution in [2.45, 2.75) is 6.04 Å². The average molecular weight is 318 g/mol. The molecule has 1 aromatic heterocycles. The molecule has 0 spiro atoms. The van der Waals surface area contributed by atoms with Gasteiger partial charge in [-0.15, -0.1) is 11.3 Å². The van der Waals surface area contributed by atoms with Gasteiger partial charge < -0.3 is 15.2 Å². The average Bonchev–Trinajstić information content (AvgIpc) is 2.83. The minimum Gasteiger partial charge on any atom is -0.493 e. The summed E-state index contributed by atoms with van der Waals surface area (Å²) >= 11 is 13.5. The molecule has 1 unspecified atom stereocenters. The van der Waals surface area contributed by atoms with Crippen molar-refractivity contribution >= 4 is 34.5 Å². The lowest BCUT2D eigenvalue weighted by Gasteiger charge is -2.15. The summed E-state index contributed by atoms with van der Waals surface area (Å²) in [7, 11) is 3.11. The molecule has 0 bridgehead atoms. The van der Waals surface area contributed by atoms with Gasteiger partial charge in [-0.3, -0.25) is 0 Å². The van der Waals surface area contributed by atoms with E-state index in [2.05, 4.69) is 0 Å². The molecule has 2 N–H and O–H groups in total. The molecule has 1 heterocycles. The van der Waals surface area contributed by atoms with Crippen LogP contribution in [0.4, 0.5) is 0 Å². The van der Waals surface area contributed by atoms with Gasteiger partial charge in [0.2, 0.25) is 0 Å². The van der Waals surface area contributed by atoms with Gasteiger partial charge in [0.05, 0.1) is 29.6 Å². The van der Waals surface area contributed by atoms with Gasteiger partial charge in [0.25, 0.3) is 0 Å². The standard InChI is InChI=1S/C13H13Cl2NO2S/c1-17-9-6-7(5-8(14)13(9)18-2)12(16)10-3-4-11(15)19-10/h3-6,12H,16H2,1-2H3. The molecule has 2 rings (SSSR count). The number of thiophene rings is 1. The van der Waals surface area contributed by atoms with Crippen LogP contribution in [0.3, 0.4) is 0 Å². The van der Waals surface area contributed by atoms with Crippen LogP contribution in [0.2, 0.25) is 9.36 Å². The number of nitrogens with two attached hydrogens (primary N) is 1. The van der Waals surface area contributed by atoms with Crippen LogP contribution >= 0.6 is 34.5 Å². The highest BCUT2D eigenvalue weighted by Gasteiger charge is 2.17.